The molecule has 0 unspecified atom stereocenters. The van der Waals surface area contributed by atoms with Gasteiger partial charge in [0.2, 0.25) is 11.8 Å². The van der Waals surface area contributed by atoms with E-state index < -0.39 is 0 Å². The third-order valence-corrected chi connectivity index (χ3v) is 5.62. The van der Waals surface area contributed by atoms with Gasteiger partial charge >= 0.3 is 6.03 Å². The first-order valence-corrected chi connectivity index (χ1v) is 11.4. The van der Waals surface area contributed by atoms with Crippen LogP contribution < -0.4 is 16.0 Å². The van der Waals surface area contributed by atoms with Crippen molar-refractivity contribution < 1.29 is 19.2 Å². The predicted molar refractivity (Wildman–Crippen MR) is 132 cm³/mol. The smallest absolute Gasteiger partial charge is 0.325 e. The van der Waals surface area contributed by atoms with Gasteiger partial charge in [0.15, 0.2) is 0 Å². The molecule has 0 bridgehead atoms. The van der Waals surface area contributed by atoms with Crippen molar-refractivity contribution in [2.75, 3.05) is 29.0 Å². The Morgan fingerprint density at radius 1 is 0.794 bits per heavy atom. The minimum absolute atomic E-state index is 0.292. The van der Waals surface area contributed by atoms with Crippen molar-refractivity contribution in [3.63, 3.8) is 0 Å². The maximum atomic E-state index is 13.3. The summed E-state index contributed by atoms with van der Waals surface area (Å²) in [5.41, 5.74) is 3.87. The molecule has 0 atom stereocenters. The molecular weight excluding hydrogens is 434 g/mol. The number of rotatable bonds is 6. The van der Waals surface area contributed by atoms with Crippen LogP contribution in [-0.4, -0.2) is 46.9 Å². The van der Waals surface area contributed by atoms with Crippen LogP contribution in [0, 0.1) is 0 Å². The number of amides is 5. The Morgan fingerprint density at radius 3 is 1.97 bits per heavy atom. The van der Waals surface area contributed by atoms with Crippen molar-refractivity contribution in [2.24, 2.45) is 0 Å². The summed E-state index contributed by atoms with van der Waals surface area (Å²) in [6.07, 6.45) is 2.20. The van der Waals surface area contributed by atoms with E-state index in [0.29, 0.717) is 36.4 Å². The summed E-state index contributed by atoms with van der Waals surface area (Å²) < 4.78 is 0. The molecule has 2 aromatic rings. The van der Waals surface area contributed by atoms with Crippen LogP contribution in [0.4, 0.5) is 21.9 Å². The van der Waals surface area contributed by atoms with Gasteiger partial charge in [-0.3, -0.25) is 14.4 Å². The summed E-state index contributed by atoms with van der Waals surface area (Å²) in [5.74, 6) is -1.00. The number of nitrogens with one attached hydrogen (secondary N) is 3. The lowest BCUT2D eigenvalue weighted by atomic mass is 10.0. The van der Waals surface area contributed by atoms with Gasteiger partial charge in [0.05, 0.1) is 11.4 Å². The Morgan fingerprint density at radius 2 is 1.38 bits per heavy atom. The number of hydrogen-bond donors (Lipinski definition) is 3. The molecule has 1 aliphatic heterocycles. The van der Waals surface area contributed by atoms with Gasteiger partial charge in [0.1, 0.15) is 0 Å². The molecule has 180 valence electrons. The molecule has 3 rings (SSSR count). The van der Waals surface area contributed by atoms with Crippen LogP contribution in [0.5, 0.6) is 0 Å². The SMILES string of the molecule is CCc1cccc(CC)c1NC(=O)N1CCCN1C(=O)c1ccc(NC(C)=O)c(NC(C)=O)c1. The normalized spacial score (nSPS) is 12.9. The molecule has 0 radical (unpaired) electrons. The highest BCUT2D eigenvalue weighted by Gasteiger charge is 2.32. The summed E-state index contributed by atoms with van der Waals surface area (Å²) in [4.78, 5) is 49.7. The molecule has 9 heteroatoms. The van der Waals surface area contributed by atoms with Crippen molar-refractivity contribution in [3.8, 4) is 0 Å². The zero-order valence-electron chi connectivity index (χ0n) is 20.0. The largest absolute Gasteiger partial charge is 0.340 e. The average molecular weight is 466 g/mol. The lowest BCUT2D eigenvalue weighted by Gasteiger charge is -2.29. The van der Waals surface area contributed by atoms with E-state index in [4.69, 9.17) is 0 Å². The predicted octanol–water partition coefficient (Wildman–Crippen LogP) is 4.02. The second kappa shape index (κ2) is 10.8. The van der Waals surface area contributed by atoms with Crippen LogP contribution in [0.3, 0.4) is 0 Å². The summed E-state index contributed by atoms with van der Waals surface area (Å²) in [6, 6.07) is 10.2. The molecule has 0 spiro atoms. The molecule has 1 fully saturated rings. The lowest BCUT2D eigenvalue weighted by Crippen LogP contribution is -2.47. The van der Waals surface area contributed by atoms with E-state index in [9.17, 15) is 19.2 Å². The summed E-state index contributed by atoms with van der Waals surface area (Å²) in [5, 5.41) is 11.1. The number of carbonyl (C=O) groups excluding carboxylic acids is 4. The lowest BCUT2D eigenvalue weighted by molar-refractivity contribution is -0.115. The van der Waals surface area contributed by atoms with E-state index in [1.54, 1.807) is 12.1 Å². The Labute approximate surface area is 199 Å². The van der Waals surface area contributed by atoms with Gasteiger partial charge in [-0.2, -0.15) is 0 Å². The molecule has 34 heavy (non-hydrogen) atoms. The third-order valence-electron chi connectivity index (χ3n) is 5.62. The molecule has 1 heterocycles. The van der Waals surface area contributed by atoms with Crippen molar-refractivity contribution in [3.05, 3.63) is 53.1 Å². The highest BCUT2D eigenvalue weighted by molar-refractivity contribution is 6.03. The number of hydrazine groups is 1. The minimum atomic E-state index is -0.367. The van der Waals surface area contributed by atoms with Crippen LogP contribution in [0.1, 0.15) is 55.6 Å². The number of para-hydroxylation sites is 1. The monoisotopic (exact) mass is 465 g/mol. The first-order chi connectivity index (χ1) is 16.2. The molecule has 0 aromatic heterocycles. The van der Waals surface area contributed by atoms with Crippen LogP contribution in [0.15, 0.2) is 36.4 Å². The molecule has 9 nitrogen and oxygen atoms in total. The standard InChI is InChI=1S/C25H31N5O4/c1-5-18-9-7-10-19(6-2)23(18)28-25(34)30-14-8-13-29(30)24(33)20-11-12-21(26-16(3)31)22(15-20)27-17(4)32/h7,9-12,15H,5-6,8,13-14H2,1-4H3,(H,26,31)(H,27,32)(H,28,34). The van der Waals surface area contributed by atoms with Crippen molar-refractivity contribution in [1.29, 1.82) is 0 Å². The fraction of sp³-hybridized carbons (Fsp3) is 0.360. The second-order valence-electron chi connectivity index (χ2n) is 8.12. The van der Waals surface area contributed by atoms with E-state index in [2.05, 4.69) is 16.0 Å². The van der Waals surface area contributed by atoms with Gasteiger partial charge in [0.25, 0.3) is 5.91 Å². The third kappa shape index (κ3) is 5.54. The van der Waals surface area contributed by atoms with Gasteiger partial charge in [-0.15, -0.1) is 0 Å². The zero-order chi connectivity index (χ0) is 24.8. The molecule has 2 aromatic carbocycles. The molecule has 1 saturated heterocycles. The number of hydrogen-bond acceptors (Lipinski definition) is 4. The van der Waals surface area contributed by atoms with Crippen molar-refractivity contribution in [2.45, 2.75) is 47.0 Å². The minimum Gasteiger partial charge on any atom is -0.325 e. The number of anilines is 3. The van der Waals surface area contributed by atoms with Crippen LogP contribution in [0.25, 0.3) is 0 Å². The van der Waals surface area contributed by atoms with E-state index >= 15 is 0 Å². The van der Waals surface area contributed by atoms with Gasteiger partial charge in [-0.25, -0.2) is 14.8 Å². The summed E-state index contributed by atoms with van der Waals surface area (Å²) in [7, 11) is 0. The maximum absolute atomic E-state index is 13.3. The van der Waals surface area contributed by atoms with Gasteiger partial charge < -0.3 is 16.0 Å². The first-order valence-electron chi connectivity index (χ1n) is 11.4. The van der Waals surface area contributed by atoms with Crippen LogP contribution >= 0.6 is 0 Å². The highest BCUT2D eigenvalue weighted by atomic mass is 16.2. The molecular formula is C25H31N5O4. The van der Waals surface area contributed by atoms with Gasteiger partial charge in [0, 0.05) is 38.2 Å². The topological polar surface area (TPSA) is 111 Å². The summed E-state index contributed by atoms with van der Waals surface area (Å²) in [6.45, 7) is 7.58. The number of urea groups is 1. The Hall–Kier alpha value is -3.88. The van der Waals surface area contributed by atoms with Crippen molar-refractivity contribution in [1.82, 2.24) is 10.0 Å². The fourth-order valence-electron chi connectivity index (χ4n) is 4.03. The van der Waals surface area contributed by atoms with E-state index in [1.165, 1.54) is 29.9 Å². The molecule has 3 N–H and O–H groups in total. The fourth-order valence-corrected chi connectivity index (χ4v) is 4.03. The number of carbonyl (C=O) groups is 4. The van der Waals surface area contributed by atoms with E-state index in [-0.39, 0.29) is 23.8 Å². The van der Waals surface area contributed by atoms with Crippen molar-refractivity contribution >= 4 is 40.8 Å². The quantitative estimate of drug-likeness (QED) is 0.598. The molecule has 5 amide bonds. The van der Waals surface area contributed by atoms with Crippen LogP contribution in [0.2, 0.25) is 0 Å². The Bertz CT molecular complexity index is 1090. The number of aryl methyl sites for hydroxylation is 2. The average Bonchev–Trinajstić information content (AvgIpc) is 3.29. The first kappa shape index (κ1) is 24.8. The molecule has 0 aliphatic carbocycles. The summed E-state index contributed by atoms with van der Waals surface area (Å²) >= 11 is 0. The number of benzene rings is 2. The molecule has 0 saturated carbocycles. The van der Waals surface area contributed by atoms with E-state index in [1.807, 2.05) is 32.0 Å². The molecule has 1 aliphatic rings. The second-order valence-corrected chi connectivity index (χ2v) is 8.12. The Balaban J connectivity index is 1.85. The van der Waals surface area contributed by atoms with Gasteiger partial charge in [-0.1, -0.05) is 32.0 Å². The Kier molecular flexibility index (Phi) is 7.88. The van der Waals surface area contributed by atoms with Crippen LogP contribution in [-0.2, 0) is 22.4 Å². The zero-order valence-corrected chi connectivity index (χ0v) is 20.0. The van der Waals surface area contributed by atoms with Gasteiger partial charge in [-0.05, 0) is 48.6 Å². The van der Waals surface area contributed by atoms with E-state index in [0.717, 1.165) is 29.7 Å². The number of nitrogens with zero attached hydrogens (tertiary/aromatic N) is 2. The maximum Gasteiger partial charge on any atom is 0.340 e. The highest BCUT2D eigenvalue weighted by Crippen LogP contribution is 2.27.